The summed E-state index contributed by atoms with van der Waals surface area (Å²) in [4.78, 5) is 25.2. The van der Waals surface area contributed by atoms with Gasteiger partial charge in [-0.05, 0) is 30.9 Å². The Morgan fingerprint density at radius 2 is 1.85 bits per heavy atom. The van der Waals surface area contributed by atoms with Crippen LogP contribution in [-0.4, -0.2) is 29.3 Å². The molecule has 1 saturated heterocycles. The molecule has 1 unspecified atom stereocenters. The Bertz CT molecular complexity index is 552. The Morgan fingerprint density at radius 3 is 2.45 bits per heavy atom. The van der Waals surface area contributed by atoms with Crippen LogP contribution in [-0.2, 0) is 16.1 Å². The van der Waals surface area contributed by atoms with Gasteiger partial charge in [0.15, 0.2) is 0 Å². The minimum Gasteiger partial charge on any atom is -0.345 e. The average molecular weight is 280 g/mol. The van der Waals surface area contributed by atoms with Crippen LogP contribution in [0.2, 0.25) is 0 Å². The molecule has 1 aliphatic carbocycles. The summed E-state index contributed by atoms with van der Waals surface area (Å²) in [6.45, 7) is -0.315. The fourth-order valence-electron chi connectivity index (χ4n) is 2.59. The summed E-state index contributed by atoms with van der Waals surface area (Å²) in [5.41, 5.74) is -0.166. The van der Waals surface area contributed by atoms with E-state index in [0.29, 0.717) is 0 Å². The van der Waals surface area contributed by atoms with E-state index in [4.69, 9.17) is 0 Å². The number of carbonyl (C=O) groups excluding carboxylic acids is 2. The van der Waals surface area contributed by atoms with Gasteiger partial charge in [0.2, 0.25) is 11.8 Å². The van der Waals surface area contributed by atoms with Crippen LogP contribution in [0.3, 0.4) is 0 Å². The van der Waals surface area contributed by atoms with Gasteiger partial charge in [0.05, 0.1) is 13.1 Å². The van der Waals surface area contributed by atoms with E-state index >= 15 is 0 Å². The predicted molar refractivity (Wildman–Crippen MR) is 66.4 cm³/mol. The largest absolute Gasteiger partial charge is 0.345 e. The fourth-order valence-corrected chi connectivity index (χ4v) is 2.59. The molecular formula is C14H14F2N2O2. The minimum absolute atomic E-state index is 0.106. The molecule has 1 saturated carbocycles. The van der Waals surface area contributed by atoms with Crippen LogP contribution in [0.15, 0.2) is 18.2 Å². The van der Waals surface area contributed by atoms with Crippen molar-refractivity contribution in [3.05, 3.63) is 35.4 Å². The van der Waals surface area contributed by atoms with Gasteiger partial charge in [-0.25, -0.2) is 8.78 Å². The minimum atomic E-state index is -0.696. The van der Waals surface area contributed by atoms with Crippen molar-refractivity contribution in [2.45, 2.75) is 25.4 Å². The molecule has 4 nitrogen and oxygen atoms in total. The maximum absolute atomic E-state index is 13.7. The number of nitrogens with zero attached hydrogens (tertiary/aromatic N) is 1. The highest BCUT2D eigenvalue weighted by atomic mass is 19.1. The summed E-state index contributed by atoms with van der Waals surface area (Å²) in [7, 11) is 0. The molecule has 0 aromatic heterocycles. The van der Waals surface area contributed by atoms with Gasteiger partial charge in [-0.1, -0.05) is 6.07 Å². The van der Waals surface area contributed by atoms with Gasteiger partial charge >= 0.3 is 0 Å². The average Bonchev–Trinajstić information content (AvgIpc) is 3.22. The molecule has 1 N–H and O–H groups in total. The first-order valence-electron chi connectivity index (χ1n) is 6.58. The van der Waals surface area contributed by atoms with Crippen LogP contribution in [0.1, 0.15) is 18.4 Å². The summed E-state index contributed by atoms with van der Waals surface area (Å²) < 4.78 is 27.4. The van der Waals surface area contributed by atoms with Crippen molar-refractivity contribution in [3.63, 3.8) is 0 Å². The molecule has 3 rings (SSSR count). The van der Waals surface area contributed by atoms with Gasteiger partial charge in [0.1, 0.15) is 17.7 Å². The molecule has 2 fully saturated rings. The molecule has 1 aromatic rings. The maximum atomic E-state index is 13.7. The SMILES string of the molecule is O=C1NCC(=O)N(Cc2c(F)cccc2F)C1C1CC1. The number of carbonyl (C=O) groups is 2. The maximum Gasteiger partial charge on any atom is 0.243 e. The molecule has 2 aliphatic rings. The molecule has 2 amide bonds. The van der Waals surface area contributed by atoms with Gasteiger partial charge in [-0.15, -0.1) is 0 Å². The van der Waals surface area contributed by atoms with E-state index in [0.717, 1.165) is 25.0 Å². The second-order valence-corrected chi connectivity index (χ2v) is 5.22. The Balaban J connectivity index is 1.90. The first kappa shape index (κ1) is 13.0. The van der Waals surface area contributed by atoms with Gasteiger partial charge in [-0.2, -0.15) is 0 Å². The number of hydrogen-bond donors (Lipinski definition) is 1. The third-order valence-corrected chi connectivity index (χ3v) is 3.80. The van der Waals surface area contributed by atoms with E-state index in [1.165, 1.54) is 11.0 Å². The molecule has 1 aromatic carbocycles. The highest BCUT2D eigenvalue weighted by Gasteiger charge is 2.44. The lowest BCUT2D eigenvalue weighted by Crippen LogP contribution is -2.58. The van der Waals surface area contributed by atoms with Crippen molar-refractivity contribution >= 4 is 11.8 Å². The molecular weight excluding hydrogens is 266 g/mol. The topological polar surface area (TPSA) is 49.4 Å². The second kappa shape index (κ2) is 4.85. The zero-order valence-electron chi connectivity index (χ0n) is 10.7. The van der Waals surface area contributed by atoms with Crippen LogP contribution in [0, 0.1) is 17.6 Å². The molecule has 1 aliphatic heterocycles. The second-order valence-electron chi connectivity index (χ2n) is 5.22. The normalized spacial score (nSPS) is 22.9. The van der Waals surface area contributed by atoms with Crippen LogP contribution in [0.5, 0.6) is 0 Å². The summed E-state index contributed by atoms with van der Waals surface area (Å²) in [5, 5.41) is 2.53. The van der Waals surface area contributed by atoms with Crippen molar-refractivity contribution in [3.8, 4) is 0 Å². The van der Waals surface area contributed by atoms with Crippen LogP contribution < -0.4 is 5.32 Å². The van der Waals surface area contributed by atoms with Gasteiger partial charge in [0, 0.05) is 5.56 Å². The predicted octanol–water partition coefficient (Wildman–Crippen LogP) is 1.20. The van der Waals surface area contributed by atoms with E-state index in [-0.39, 0.29) is 36.4 Å². The van der Waals surface area contributed by atoms with Gasteiger partial charge in [0.25, 0.3) is 0 Å². The summed E-state index contributed by atoms with van der Waals surface area (Å²) in [6, 6.07) is 2.98. The standard InChI is InChI=1S/C14H14F2N2O2/c15-10-2-1-3-11(16)9(10)7-18-12(19)6-17-14(20)13(18)8-4-5-8/h1-3,8,13H,4-7H2,(H,17,20). The van der Waals surface area contributed by atoms with Crippen molar-refractivity contribution in [2.75, 3.05) is 6.54 Å². The van der Waals surface area contributed by atoms with E-state index in [1.807, 2.05) is 0 Å². The lowest BCUT2D eigenvalue weighted by atomic mass is 10.0. The number of rotatable bonds is 3. The van der Waals surface area contributed by atoms with Crippen molar-refractivity contribution in [1.29, 1.82) is 0 Å². The molecule has 1 atom stereocenters. The van der Waals surface area contributed by atoms with Crippen LogP contribution in [0.4, 0.5) is 8.78 Å². The first-order chi connectivity index (χ1) is 9.58. The van der Waals surface area contributed by atoms with E-state index < -0.39 is 17.7 Å². The van der Waals surface area contributed by atoms with Crippen LogP contribution in [0.25, 0.3) is 0 Å². The summed E-state index contributed by atoms with van der Waals surface area (Å²) in [5.74, 6) is -1.82. The lowest BCUT2D eigenvalue weighted by molar-refractivity contribution is -0.147. The van der Waals surface area contributed by atoms with Crippen LogP contribution >= 0.6 is 0 Å². The quantitative estimate of drug-likeness (QED) is 0.904. The number of amides is 2. The van der Waals surface area contributed by atoms with Gasteiger partial charge < -0.3 is 10.2 Å². The van der Waals surface area contributed by atoms with E-state index in [1.54, 1.807) is 0 Å². The number of piperazine rings is 1. The van der Waals surface area contributed by atoms with Crippen molar-refractivity contribution < 1.29 is 18.4 Å². The lowest BCUT2D eigenvalue weighted by Gasteiger charge is -2.35. The molecule has 20 heavy (non-hydrogen) atoms. The monoisotopic (exact) mass is 280 g/mol. The molecule has 0 spiro atoms. The zero-order chi connectivity index (χ0) is 14.3. The Hall–Kier alpha value is -1.98. The Kier molecular flexibility index (Phi) is 3.16. The Morgan fingerprint density at radius 1 is 1.20 bits per heavy atom. The number of halogens is 2. The fraction of sp³-hybridized carbons (Fsp3) is 0.429. The number of hydrogen-bond acceptors (Lipinski definition) is 2. The first-order valence-corrected chi connectivity index (χ1v) is 6.58. The molecule has 106 valence electrons. The third-order valence-electron chi connectivity index (χ3n) is 3.80. The smallest absolute Gasteiger partial charge is 0.243 e. The Labute approximate surface area is 114 Å². The van der Waals surface area contributed by atoms with Crippen molar-refractivity contribution in [2.24, 2.45) is 5.92 Å². The zero-order valence-corrected chi connectivity index (χ0v) is 10.7. The molecule has 0 radical (unpaired) electrons. The molecule has 1 heterocycles. The number of benzene rings is 1. The van der Waals surface area contributed by atoms with Crippen molar-refractivity contribution in [1.82, 2.24) is 10.2 Å². The highest BCUT2D eigenvalue weighted by molar-refractivity contribution is 5.95. The summed E-state index contributed by atoms with van der Waals surface area (Å²) >= 11 is 0. The highest BCUT2D eigenvalue weighted by Crippen LogP contribution is 2.37. The number of nitrogens with one attached hydrogen (secondary N) is 1. The van der Waals surface area contributed by atoms with Gasteiger partial charge in [-0.3, -0.25) is 9.59 Å². The van der Waals surface area contributed by atoms with E-state index in [9.17, 15) is 18.4 Å². The summed E-state index contributed by atoms with van der Waals surface area (Å²) in [6.07, 6.45) is 1.73. The molecule has 0 bridgehead atoms. The third kappa shape index (κ3) is 2.26. The molecule has 6 heteroatoms. The van der Waals surface area contributed by atoms with E-state index in [2.05, 4.69) is 5.32 Å².